The highest BCUT2D eigenvalue weighted by molar-refractivity contribution is 5.86. The Labute approximate surface area is 123 Å². The largest absolute Gasteiger partial charge is 0.480 e. The summed E-state index contributed by atoms with van der Waals surface area (Å²) in [5, 5.41) is 11.8. The van der Waals surface area contributed by atoms with E-state index in [9.17, 15) is 14.7 Å². The first kappa shape index (κ1) is 15.5. The van der Waals surface area contributed by atoms with E-state index in [1.165, 1.54) is 0 Å². The molecule has 0 aromatic heterocycles. The van der Waals surface area contributed by atoms with Crippen molar-refractivity contribution in [2.24, 2.45) is 5.73 Å². The van der Waals surface area contributed by atoms with Crippen molar-refractivity contribution in [2.75, 3.05) is 6.54 Å². The van der Waals surface area contributed by atoms with Crippen molar-refractivity contribution in [3.63, 3.8) is 0 Å². The minimum absolute atomic E-state index is 0.113. The Morgan fingerprint density at radius 2 is 2.05 bits per heavy atom. The molecule has 1 aromatic rings. The zero-order valence-corrected chi connectivity index (χ0v) is 11.7. The molecule has 1 fully saturated rings. The number of amides is 1. The van der Waals surface area contributed by atoms with Crippen LogP contribution in [0.25, 0.3) is 0 Å². The summed E-state index contributed by atoms with van der Waals surface area (Å²) in [5.74, 6) is -1.44. The van der Waals surface area contributed by atoms with Gasteiger partial charge in [-0.1, -0.05) is 30.3 Å². The topological polar surface area (TPSA) is 102 Å². The van der Waals surface area contributed by atoms with Crippen LogP contribution >= 0.6 is 0 Å². The van der Waals surface area contributed by atoms with Crippen molar-refractivity contribution in [1.82, 2.24) is 5.32 Å². The zero-order valence-electron chi connectivity index (χ0n) is 11.7. The van der Waals surface area contributed by atoms with Crippen molar-refractivity contribution < 1.29 is 19.4 Å². The van der Waals surface area contributed by atoms with E-state index in [1.807, 2.05) is 30.3 Å². The number of nitrogens with one attached hydrogen (secondary N) is 1. The Kier molecular flexibility index (Phi) is 5.30. The fraction of sp³-hybridized carbons (Fsp3) is 0.467. The predicted molar refractivity (Wildman–Crippen MR) is 76.7 cm³/mol. The van der Waals surface area contributed by atoms with Crippen LogP contribution in [0.2, 0.25) is 0 Å². The molecule has 0 saturated carbocycles. The third kappa shape index (κ3) is 4.27. The summed E-state index contributed by atoms with van der Waals surface area (Å²) in [6.07, 6.45) is 0.833. The molecule has 0 bridgehead atoms. The van der Waals surface area contributed by atoms with Crippen molar-refractivity contribution in [3.8, 4) is 0 Å². The van der Waals surface area contributed by atoms with Crippen LogP contribution in [0.15, 0.2) is 30.3 Å². The maximum atomic E-state index is 12.1. The number of aliphatic carboxylic acids is 1. The molecule has 1 aromatic carbocycles. The maximum Gasteiger partial charge on any atom is 0.326 e. The third-order valence-electron chi connectivity index (χ3n) is 3.56. The molecule has 2 rings (SSSR count). The number of nitrogens with two attached hydrogens (primary N) is 1. The summed E-state index contributed by atoms with van der Waals surface area (Å²) >= 11 is 0. The fourth-order valence-corrected chi connectivity index (χ4v) is 2.39. The lowest BCUT2D eigenvalue weighted by Gasteiger charge is -2.18. The van der Waals surface area contributed by atoms with Crippen molar-refractivity contribution in [3.05, 3.63) is 35.9 Å². The second kappa shape index (κ2) is 7.19. The highest BCUT2D eigenvalue weighted by atomic mass is 16.5. The number of carbonyl (C=O) groups is 2. The molecule has 0 aliphatic carbocycles. The van der Waals surface area contributed by atoms with Gasteiger partial charge in [0, 0.05) is 13.0 Å². The summed E-state index contributed by atoms with van der Waals surface area (Å²) in [6.45, 7) is 0.371. The smallest absolute Gasteiger partial charge is 0.326 e. The van der Waals surface area contributed by atoms with E-state index in [-0.39, 0.29) is 18.4 Å². The van der Waals surface area contributed by atoms with Crippen LogP contribution in [0.1, 0.15) is 18.4 Å². The van der Waals surface area contributed by atoms with Crippen LogP contribution < -0.4 is 11.1 Å². The van der Waals surface area contributed by atoms with Crippen LogP contribution in [0.4, 0.5) is 0 Å². The number of carboxylic acid groups (broad SMARTS) is 1. The molecule has 6 nitrogen and oxygen atoms in total. The predicted octanol–water partition coefficient (Wildman–Crippen LogP) is 0.305. The molecule has 3 unspecified atom stereocenters. The van der Waals surface area contributed by atoms with Crippen LogP contribution in [0.3, 0.4) is 0 Å². The average molecular weight is 292 g/mol. The van der Waals surface area contributed by atoms with Crippen molar-refractivity contribution in [1.29, 1.82) is 0 Å². The third-order valence-corrected chi connectivity index (χ3v) is 3.56. The van der Waals surface area contributed by atoms with Crippen LogP contribution in [-0.4, -0.2) is 41.8 Å². The molecule has 0 spiro atoms. The molecule has 21 heavy (non-hydrogen) atoms. The van der Waals surface area contributed by atoms with E-state index < -0.39 is 18.1 Å². The highest BCUT2D eigenvalue weighted by Crippen LogP contribution is 2.19. The highest BCUT2D eigenvalue weighted by Gasteiger charge is 2.32. The molecular formula is C15H20N2O4. The Morgan fingerprint density at radius 1 is 1.33 bits per heavy atom. The summed E-state index contributed by atoms with van der Waals surface area (Å²) in [5.41, 5.74) is 6.36. The van der Waals surface area contributed by atoms with E-state index in [0.717, 1.165) is 12.0 Å². The number of carbonyl (C=O) groups excluding carboxylic acids is 1. The first-order valence-corrected chi connectivity index (χ1v) is 7.02. The number of hydrogen-bond acceptors (Lipinski definition) is 4. The van der Waals surface area contributed by atoms with Crippen LogP contribution in [0.5, 0.6) is 0 Å². The molecule has 1 aliphatic heterocycles. The van der Waals surface area contributed by atoms with Gasteiger partial charge in [-0.05, 0) is 18.4 Å². The first-order valence-electron chi connectivity index (χ1n) is 7.02. The van der Waals surface area contributed by atoms with Gasteiger partial charge in [0.05, 0.1) is 6.10 Å². The Morgan fingerprint density at radius 3 is 2.62 bits per heavy atom. The summed E-state index contributed by atoms with van der Waals surface area (Å²) in [7, 11) is 0. The minimum atomic E-state index is -1.06. The van der Waals surface area contributed by atoms with E-state index in [4.69, 9.17) is 10.5 Å². The van der Waals surface area contributed by atoms with Crippen molar-refractivity contribution in [2.45, 2.75) is 37.5 Å². The molecule has 1 heterocycles. The first-order chi connectivity index (χ1) is 10.1. The van der Waals surface area contributed by atoms with Gasteiger partial charge in [0.25, 0.3) is 0 Å². The number of carboxylic acids is 1. The molecule has 0 radical (unpaired) electrons. The second-order valence-corrected chi connectivity index (χ2v) is 5.15. The van der Waals surface area contributed by atoms with Gasteiger partial charge in [-0.25, -0.2) is 4.79 Å². The van der Waals surface area contributed by atoms with Gasteiger partial charge in [-0.15, -0.1) is 0 Å². The molecule has 1 saturated heterocycles. The van der Waals surface area contributed by atoms with Gasteiger partial charge in [-0.3, -0.25) is 4.79 Å². The van der Waals surface area contributed by atoms with Gasteiger partial charge in [0.15, 0.2) is 0 Å². The van der Waals surface area contributed by atoms with Crippen molar-refractivity contribution >= 4 is 11.9 Å². The normalized spacial score (nSPS) is 22.7. The summed E-state index contributed by atoms with van der Waals surface area (Å²) in [4.78, 5) is 23.4. The van der Waals surface area contributed by atoms with Gasteiger partial charge in [-0.2, -0.15) is 0 Å². The van der Waals surface area contributed by atoms with Gasteiger partial charge in [0.1, 0.15) is 12.1 Å². The fourth-order valence-electron chi connectivity index (χ4n) is 2.39. The van der Waals surface area contributed by atoms with E-state index in [0.29, 0.717) is 13.0 Å². The molecule has 4 N–H and O–H groups in total. The van der Waals surface area contributed by atoms with Gasteiger partial charge in [0.2, 0.25) is 5.91 Å². The molecular weight excluding hydrogens is 272 g/mol. The maximum absolute atomic E-state index is 12.1. The average Bonchev–Trinajstić information content (AvgIpc) is 2.96. The van der Waals surface area contributed by atoms with E-state index >= 15 is 0 Å². The monoisotopic (exact) mass is 292 g/mol. The quantitative estimate of drug-likeness (QED) is 0.700. The van der Waals surface area contributed by atoms with Crippen LogP contribution in [-0.2, 0) is 20.7 Å². The van der Waals surface area contributed by atoms with Gasteiger partial charge < -0.3 is 20.9 Å². The van der Waals surface area contributed by atoms with Gasteiger partial charge >= 0.3 is 5.97 Å². The molecule has 6 heteroatoms. The Balaban J connectivity index is 1.94. The molecule has 3 atom stereocenters. The lowest BCUT2D eigenvalue weighted by atomic mass is 10.1. The summed E-state index contributed by atoms with van der Waals surface area (Å²) in [6, 6.07) is 8.23. The van der Waals surface area contributed by atoms with Crippen LogP contribution in [0, 0.1) is 0 Å². The number of hydrogen-bond donors (Lipinski definition) is 3. The molecule has 114 valence electrons. The summed E-state index contributed by atoms with van der Waals surface area (Å²) < 4.78 is 5.47. The Hall–Kier alpha value is -1.92. The zero-order chi connectivity index (χ0) is 15.2. The number of ether oxygens (including phenoxy) is 1. The second-order valence-electron chi connectivity index (χ2n) is 5.15. The lowest BCUT2D eigenvalue weighted by Crippen LogP contribution is -2.46. The number of benzene rings is 1. The standard InChI is InChI=1S/C15H20N2O4/c16-9-11-6-7-13(21-11)14(18)17-12(15(19)20)8-10-4-2-1-3-5-10/h1-5,11-13H,6-9,16H2,(H,17,18)(H,19,20). The molecule has 1 amide bonds. The molecule has 1 aliphatic rings. The SMILES string of the molecule is NCC1CCC(C(=O)NC(Cc2ccccc2)C(=O)O)O1. The van der Waals surface area contributed by atoms with E-state index in [1.54, 1.807) is 0 Å². The number of rotatable bonds is 6. The lowest BCUT2D eigenvalue weighted by molar-refractivity contribution is -0.144. The Bertz CT molecular complexity index is 492. The van der Waals surface area contributed by atoms with E-state index in [2.05, 4.69) is 5.32 Å². The minimum Gasteiger partial charge on any atom is -0.480 e.